The number of fused-ring (bicyclic) bond motifs is 1. The van der Waals surface area contributed by atoms with Crippen LogP contribution in [-0.4, -0.2) is 112 Å². The van der Waals surface area contributed by atoms with E-state index in [-0.39, 0.29) is 42.0 Å². The number of hydrogen-bond donors (Lipinski definition) is 3. The molecule has 2 aliphatic rings. The van der Waals surface area contributed by atoms with Gasteiger partial charge in [-0.05, 0) is 56.4 Å². The number of pyridine rings is 3. The van der Waals surface area contributed by atoms with Crippen molar-refractivity contribution in [2.75, 3.05) is 57.2 Å². The SMILES string of the molecule is COc1ccc(Cl)c(OC[C@H]2CC(c3cn[nH]c3)CN2c2cc3c(cc2F)c(=O)c(C(=O)O)cn3-c2ccc(N3CC(N(C)C)C3)nc2)n1.O=CO. The van der Waals surface area contributed by atoms with E-state index >= 15 is 4.39 Å². The van der Waals surface area contributed by atoms with Crippen LogP contribution in [0.4, 0.5) is 15.9 Å². The number of methoxy groups -OCH3 is 1. The molecule has 2 saturated heterocycles. The number of aromatic amines is 1. The van der Waals surface area contributed by atoms with Gasteiger partial charge in [-0.1, -0.05) is 11.6 Å². The minimum absolute atomic E-state index is 0.0156. The highest BCUT2D eigenvalue weighted by Gasteiger charge is 2.36. The highest BCUT2D eigenvalue weighted by molar-refractivity contribution is 6.31. The Hall–Kier alpha value is -5.74. The fourth-order valence-corrected chi connectivity index (χ4v) is 6.65. The van der Waals surface area contributed by atoms with Crippen LogP contribution < -0.4 is 24.7 Å². The number of H-pyrrole nitrogens is 1. The summed E-state index contributed by atoms with van der Waals surface area (Å²) in [4.78, 5) is 49.0. The van der Waals surface area contributed by atoms with E-state index in [1.165, 1.54) is 13.3 Å². The molecule has 52 heavy (non-hydrogen) atoms. The molecule has 0 amide bonds. The zero-order valence-electron chi connectivity index (χ0n) is 28.4. The van der Waals surface area contributed by atoms with Crippen LogP contribution in [0.5, 0.6) is 11.8 Å². The normalized spacial score (nSPS) is 17.1. The van der Waals surface area contributed by atoms with Gasteiger partial charge in [-0.15, -0.1) is 0 Å². The molecule has 1 unspecified atom stereocenters. The summed E-state index contributed by atoms with van der Waals surface area (Å²) in [5.41, 5.74) is 0.791. The Labute approximate surface area is 301 Å². The van der Waals surface area contributed by atoms with Crippen LogP contribution in [0.2, 0.25) is 5.02 Å². The van der Waals surface area contributed by atoms with E-state index in [0.29, 0.717) is 41.1 Å². The number of hydrogen-bond acceptors (Lipinski definition) is 11. The number of aromatic carboxylic acids is 1. The second-order valence-corrected chi connectivity index (χ2v) is 13.0. The Morgan fingerprint density at radius 3 is 2.58 bits per heavy atom. The first-order valence-electron chi connectivity index (χ1n) is 16.2. The number of ether oxygens (including phenoxy) is 2. The lowest BCUT2D eigenvalue weighted by Gasteiger charge is -2.43. The Morgan fingerprint density at radius 1 is 1.17 bits per heavy atom. The van der Waals surface area contributed by atoms with E-state index in [0.717, 1.165) is 30.5 Å². The zero-order chi connectivity index (χ0) is 37.1. The third-order valence-electron chi connectivity index (χ3n) is 9.35. The third-order valence-corrected chi connectivity index (χ3v) is 9.64. The van der Waals surface area contributed by atoms with E-state index in [4.69, 9.17) is 31.0 Å². The summed E-state index contributed by atoms with van der Waals surface area (Å²) in [6.07, 6.45) is 7.05. The number of rotatable bonds is 10. The van der Waals surface area contributed by atoms with Crippen LogP contribution in [0.3, 0.4) is 0 Å². The molecule has 0 bridgehead atoms. The summed E-state index contributed by atoms with van der Waals surface area (Å²) in [5, 5.41) is 24.0. The van der Waals surface area contributed by atoms with Crippen molar-refractivity contribution >= 4 is 46.5 Å². The molecule has 0 saturated carbocycles. The molecule has 2 aliphatic heterocycles. The third kappa shape index (κ3) is 7.20. The van der Waals surface area contributed by atoms with Gasteiger partial charge in [0, 0.05) is 55.4 Å². The smallest absolute Gasteiger partial charge is 0.341 e. The van der Waals surface area contributed by atoms with Gasteiger partial charge >= 0.3 is 5.97 Å². The molecule has 2 atom stereocenters. The first-order chi connectivity index (χ1) is 25.0. The van der Waals surface area contributed by atoms with Gasteiger partial charge in [0.1, 0.15) is 28.8 Å². The van der Waals surface area contributed by atoms with Crippen molar-refractivity contribution in [3.05, 3.63) is 93.4 Å². The summed E-state index contributed by atoms with van der Waals surface area (Å²) < 4.78 is 29.1. The lowest BCUT2D eigenvalue weighted by molar-refractivity contribution is -0.122. The highest BCUT2D eigenvalue weighted by Crippen LogP contribution is 2.38. The maximum Gasteiger partial charge on any atom is 0.341 e. The average molecular weight is 735 g/mol. The number of nitrogens with zero attached hydrogens (tertiary/aromatic N) is 7. The van der Waals surface area contributed by atoms with Crippen molar-refractivity contribution in [2.45, 2.75) is 24.4 Å². The number of likely N-dealkylation sites (N-methyl/N-ethyl adjacent to an activating group) is 1. The van der Waals surface area contributed by atoms with Crippen molar-refractivity contribution in [3.8, 4) is 17.4 Å². The fraction of sp³-hybridized carbons (Fsp3) is 0.314. The molecule has 0 aliphatic carbocycles. The summed E-state index contributed by atoms with van der Waals surface area (Å²) >= 11 is 6.36. The Bertz CT molecular complexity index is 2130. The molecule has 272 valence electrons. The fourth-order valence-electron chi connectivity index (χ4n) is 6.49. The van der Waals surface area contributed by atoms with Gasteiger partial charge in [0.25, 0.3) is 6.47 Å². The van der Waals surface area contributed by atoms with Gasteiger partial charge in [0.2, 0.25) is 17.2 Å². The molecular weight excluding hydrogens is 699 g/mol. The molecule has 17 heteroatoms. The quantitative estimate of drug-likeness (QED) is 0.176. The number of anilines is 2. The summed E-state index contributed by atoms with van der Waals surface area (Å²) in [7, 11) is 5.58. The number of aromatic nitrogens is 5. The van der Waals surface area contributed by atoms with Gasteiger partial charge < -0.3 is 39.0 Å². The van der Waals surface area contributed by atoms with Gasteiger partial charge in [0.05, 0.1) is 42.4 Å². The molecule has 5 aromatic rings. The largest absolute Gasteiger partial charge is 0.483 e. The standard InChI is InChI=1S/C34H34ClFN8O5.CH2O2/c1-41(2)23-15-42(16-23)30-6-4-21(13-37-30)44-17-25(34(46)47)32(45)24-9-27(36)29(10-28(24)44)43-14-19(20-11-38-39-12-20)8-22(43)18-49-33-26(35)5-7-31(40-33)48-3;2-1-3/h4-7,9-13,17,19,22-23H,8,14-16,18H2,1-3H3,(H,38,39)(H,46,47);1H,(H,2,3)/t19?,22-;/m1./s1. The molecule has 15 nitrogen and oxygen atoms in total. The first-order valence-corrected chi connectivity index (χ1v) is 16.6. The summed E-state index contributed by atoms with van der Waals surface area (Å²) in [6.45, 7) is 1.97. The van der Waals surface area contributed by atoms with Crippen LogP contribution in [0, 0.1) is 5.82 Å². The number of halogens is 2. The molecule has 0 radical (unpaired) electrons. The monoisotopic (exact) mass is 734 g/mol. The molecule has 1 aromatic carbocycles. The minimum Gasteiger partial charge on any atom is -0.483 e. The molecule has 2 fully saturated rings. The number of carboxylic acids is 1. The molecule has 0 spiro atoms. The lowest BCUT2D eigenvalue weighted by Crippen LogP contribution is -2.57. The van der Waals surface area contributed by atoms with Crippen molar-refractivity contribution in [2.24, 2.45) is 0 Å². The van der Waals surface area contributed by atoms with Crippen LogP contribution in [0.1, 0.15) is 28.3 Å². The minimum atomic E-state index is -1.41. The van der Waals surface area contributed by atoms with Crippen LogP contribution >= 0.6 is 11.6 Å². The van der Waals surface area contributed by atoms with Gasteiger partial charge in [-0.3, -0.25) is 14.7 Å². The van der Waals surface area contributed by atoms with E-state index in [9.17, 15) is 14.7 Å². The van der Waals surface area contributed by atoms with Crippen molar-refractivity contribution < 1.29 is 33.7 Å². The van der Waals surface area contributed by atoms with Gasteiger partial charge in [-0.25, -0.2) is 14.2 Å². The van der Waals surface area contributed by atoms with Gasteiger partial charge in [0.15, 0.2) is 0 Å². The topological polar surface area (TPSA) is 179 Å². The second kappa shape index (κ2) is 15.2. The van der Waals surface area contributed by atoms with E-state index in [1.54, 1.807) is 35.2 Å². The van der Waals surface area contributed by atoms with Crippen molar-refractivity contribution in [1.82, 2.24) is 29.6 Å². The number of carboxylic acid groups (broad SMARTS) is 2. The van der Waals surface area contributed by atoms with Crippen LogP contribution in [0.25, 0.3) is 16.6 Å². The van der Waals surface area contributed by atoms with Crippen molar-refractivity contribution in [3.63, 3.8) is 0 Å². The first kappa shape index (κ1) is 36.1. The van der Waals surface area contributed by atoms with E-state index < -0.39 is 22.8 Å². The maximum atomic E-state index is 16.2. The predicted molar refractivity (Wildman–Crippen MR) is 191 cm³/mol. The van der Waals surface area contributed by atoms with Gasteiger partial charge in [-0.2, -0.15) is 10.1 Å². The molecule has 4 aromatic heterocycles. The Balaban J connectivity index is 0.00000150. The number of nitrogens with one attached hydrogen (secondary N) is 1. The molecule has 6 heterocycles. The van der Waals surface area contributed by atoms with Crippen LogP contribution in [-0.2, 0) is 4.79 Å². The van der Waals surface area contributed by atoms with Crippen molar-refractivity contribution in [1.29, 1.82) is 0 Å². The number of carbonyl (C=O) groups is 2. The highest BCUT2D eigenvalue weighted by atomic mass is 35.5. The van der Waals surface area contributed by atoms with E-state index in [1.807, 2.05) is 37.3 Å². The molecular formula is C35H36ClFN8O7. The zero-order valence-corrected chi connectivity index (χ0v) is 29.2. The number of benzene rings is 1. The van der Waals surface area contributed by atoms with Crippen LogP contribution in [0.15, 0.2) is 66.0 Å². The second-order valence-electron chi connectivity index (χ2n) is 12.6. The van der Waals surface area contributed by atoms with E-state index in [2.05, 4.69) is 30.0 Å². The Morgan fingerprint density at radius 2 is 1.94 bits per heavy atom. The summed E-state index contributed by atoms with van der Waals surface area (Å²) in [5.74, 6) is -0.784. The average Bonchev–Trinajstić information content (AvgIpc) is 3.79. The molecule has 3 N–H and O–H groups in total. The maximum absolute atomic E-state index is 16.2. The Kier molecular flexibility index (Phi) is 10.6. The molecule has 7 rings (SSSR count). The summed E-state index contributed by atoms with van der Waals surface area (Å²) in [6, 6.07) is 9.73. The predicted octanol–water partition coefficient (Wildman–Crippen LogP) is 3.90. The lowest BCUT2D eigenvalue weighted by atomic mass is 10.00.